The second-order valence-electron chi connectivity index (χ2n) is 16.5. The molecule has 4 unspecified atom stereocenters. The van der Waals surface area contributed by atoms with Gasteiger partial charge in [-0.05, 0) is 95.0 Å². The van der Waals surface area contributed by atoms with E-state index >= 15 is 0 Å². The number of thioether (sulfide) groups is 1. The van der Waals surface area contributed by atoms with Crippen molar-refractivity contribution in [1.29, 1.82) is 0 Å². The third-order valence-corrected chi connectivity index (χ3v) is 13.7. The smallest absolute Gasteiger partial charge is 0.270 e. The quantitative estimate of drug-likeness (QED) is 0.204. The third kappa shape index (κ3) is 10.7. The largest absolute Gasteiger partial charge is 0.299 e. The van der Waals surface area contributed by atoms with Crippen LogP contribution in [0.15, 0.2) is 64.1 Å². The lowest BCUT2D eigenvalue weighted by atomic mass is 9.75. The van der Waals surface area contributed by atoms with Crippen LogP contribution in [0.3, 0.4) is 0 Å². The first-order valence-electron chi connectivity index (χ1n) is 19.6. The Labute approximate surface area is 315 Å². The number of carbonyl (C=O) groups excluding carboxylic acids is 3. The maximum absolute atomic E-state index is 13.7. The molecule has 3 fully saturated rings. The molecule has 4 atom stereocenters. The molecule has 0 radical (unpaired) electrons. The molecule has 5 nitrogen and oxygen atoms in total. The maximum atomic E-state index is 13.7. The molecule has 4 aliphatic rings. The second-order valence-corrected chi connectivity index (χ2v) is 17.5. The summed E-state index contributed by atoms with van der Waals surface area (Å²) in [7, 11) is 2.10. The van der Waals surface area contributed by atoms with Gasteiger partial charge in [-0.25, -0.2) is 13.8 Å². The molecule has 3 aliphatic carbocycles. The Morgan fingerprint density at radius 3 is 2.37 bits per heavy atom. The number of Topliss-reactive ketones (excluding diaryl/α,β-unsaturated/α-hetero) is 3. The zero-order valence-electron chi connectivity index (χ0n) is 32.2. The molecule has 1 aliphatic heterocycles. The predicted octanol–water partition coefficient (Wildman–Crippen LogP) is 10.6. The van der Waals surface area contributed by atoms with Gasteiger partial charge in [0.15, 0.2) is 5.78 Å². The number of nitrogens with zero attached hydrogens (tertiary/aromatic N) is 1. The molecule has 5 rings (SSSR count). The summed E-state index contributed by atoms with van der Waals surface area (Å²) in [5.41, 5.74) is 8.08. The van der Waals surface area contributed by atoms with Crippen LogP contribution in [0.4, 0.5) is 8.78 Å². The first kappa shape index (κ1) is 40.5. The number of halogens is 2. The minimum atomic E-state index is -2.89. The fourth-order valence-corrected chi connectivity index (χ4v) is 9.79. The van der Waals surface area contributed by atoms with Crippen molar-refractivity contribution in [1.82, 2.24) is 10.4 Å². The summed E-state index contributed by atoms with van der Waals surface area (Å²) < 4.78 is 27.5. The van der Waals surface area contributed by atoms with E-state index in [0.29, 0.717) is 49.4 Å². The van der Waals surface area contributed by atoms with Crippen molar-refractivity contribution in [3.05, 3.63) is 75.2 Å². The normalized spacial score (nSPS) is 27.6. The maximum Gasteiger partial charge on any atom is 0.270 e. The molecule has 0 bridgehead atoms. The van der Waals surface area contributed by atoms with Gasteiger partial charge in [0.2, 0.25) is 0 Å². The molecule has 0 spiro atoms. The van der Waals surface area contributed by atoms with Gasteiger partial charge in [-0.3, -0.25) is 19.8 Å². The van der Waals surface area contributed by atoms with Crippen LogP contribution in [0.5, 0.6) is 0 Å². The number of hydrazine groups is 1. The summed E-state index contributed by atoms with van der Waals surface area (Å²) in [6.45, 7) is 11.0. The third-order valence-electron chi connectivity index (χ3n) is 12.2. The van der Waals surface area contributed by atoms with Crippen LogP contribution in [-0.4, -0.2) is 42.5 Å². The fourth-order valence-electron chi connectivity index (χ4n) is 8.79. The Hall–Kier alpha value is -2.68. The monoisotopic (exact) mass is 734 g/mol. The highest BCUT2D eigenvalue weighted by Gasteiger charge is 2.38. The first-order chi connectivity index (χ1) is 24.7. The van der Waals surface area contributed by atoms with E-state index in [2.05, 4.69) is 36.6 Å². The van der Waals surface area contributed by atoms with Crippen LogP contribution in [0.1, 0.15) is 123 Å². The highest BCUT2D eigenvalue weighted by Crippen LogP contribution is 2.43. The minimum absolute atomic E-state index is 0.0107. The number of ketones is 3. The summed E-state index contributed by atoms with van der Waals surface area (Å²) in [4.78, 5) is 41.7. The van der Waals surface area contributed by atoms with E-state index in [0.717, 1.165) is 92.3 Å². The van der Waals surface area contributed by atoms with Crippen molar-refractivity contribution < 1.29 is 23.2 Å². The molecular weight excluding hydrogens is 675 g/mol. The summed E-state index contributed by atoms with van der Waals surface area (Å²) >= 11 is 1.43. The number of benzene rings is 1. The number of hydrogen-bond acceptors (Lipinski definition) is 6. The van der Waals surface area contributed by atoms with Crippen molar-refractivity contribution in [2.75, 3.05) is 20.1 Å². The van der Waals surface area contributed by atoms with Crippen LogP contribution >= 0.6 is 11.8 Å². The molecule has 1 aromatic carbocycles. The summed E-state index contributed by atoms with van der Waals surface area (Å²) in [5.74, 6) is -0.433. The summed E-state index contributed by atoms with van der Waals surface area (Å²) in [6, 6.07) is 6.32. The van der Waals surface area contributed by atoms with Gasteiger partial charge in [-0.2, -0.15) is 0 Å². The molecule has 2 saturated carbocycles. The topological polar surface area (TPSA) is 66.5 Å². The Balaban J connectivity index is 1.06. The van der Waals surface area contributed by atoms with E-state index < -0.39 is 5.92 Å². The SMILES string of the molecule is CC=C(SC(C(=O)CC1CCC(CC2CC(C(=O)CCC3=CC=C4CNN(C)CCC(C)C4C3)CC2=O)CC1)=C(C)C)c1ccc(C(C)(F)F)cc1. The van der Waals surface area contributed by atoms with Crippen molar-refractivity contribution in [3.63, 3.8) is 0 Å². The number of hydrogen-bond donors (Lipinski definition) is 1. The van der Waals surface area contributed by atoms with Gasteiger partial charge in [0.05, 0.1) is 4.91 Å². The lowest BCUT2D eigenvalue weighted by Crippen LogP contribution is -2.41. The van der Waals surface area contributed by atoms with E-state index in [1.54, 1.807) is 12.1 Å². The van der Waals surface area contributed by atoms with E-state index in [1.165, 1.54) is 35.0 Å². The second kappa shape index (κ2) is 18.1. The van der Waals surface area contributed by atoms with E-state index in [4.69, 9.17) is 0 Å². The Kier molecular flexibility index (Phi) is 14.1. The molecular formula is C44H60F2N2O3S. The molecule has 0 aromatic heterocycles. The predicted molar refractivity (Wildman–Crippen MR) is 209 cm³/mol. The molecule has 1 N–H and O–H groups in total. The van der Waals surface area contributed by atoms with Crippen molar-refractivity contribution >= 4 is 34.0 Å². The Morgan fingerprint density at radius 2 is 1.71 bits per heavy atom. The van der Waals surface area contributed by atoms with Crippen LogP contribution in [0, 0.1) is 35.5 Å². The van der Waals surface area contributed by atoms with Gasteiger partial charge in [0.25, 0.3) is 5.92 Å². The van der Waals surface area contributed by atoms with Crippen LogP contribution in [-0.2, 0) is 20.3 Å². The summed E-state index contributed by atoms with van der Waals surface area (Å²) in [5, 5.41) is 2.19. The van der Waals surface area contributed by atoms with Gasteiger partial charge in [-0.15, -0.1) is 0 Å². The van der Waals surface area contributed by atoms with Gasteiger partial charge in [0.1, 0.15) is 11.6 Å². The van der Waals surface area contributed by atoms with Crippen molar-refractivity contribution in [3.8, 4) is 0 Å². The molecule has 52 heavy (non-hydrogen) atoms. The Bertz CT molecular complexity index is 1570. The van der Waals surface area contributed by atoms with Gasteiger partial charge in [0, 0.05) is 68.6 Å². The standard InChI is InChI=1S/C44H60F2N2O3S/c1-7-42(33-15-17-37(18-16-33)44(5,45)46)52-43(28(2)3)41(51)24-32-10-8-30(9-11-32)22-35-25-36(26-40(35)50)39(49)19-13-31-12-14-34-27-47-48(6)21-20-29(4)38(34)23-31/h7,12,14-18,29-30,32,35-36,38,47H,8-11,13,19-27H2,1-6H3. The van der Waals surface area contributed by atoms with Gasteiger partial charge >= 0.3 is 0 Å². The zero-order valence-corrected chi connectivity index (χ0v) is 33.1. The van der Waals surface area contributed by atoms with Gasteiger partial charge < -0.3 is 0 Å². The Morgan fingerprint density at radius 1 is 1.02 bits per heavy atom. The number of nitrogens with one attached hydrogen (secondary N) is 1. The van der Waals surface area contributed by atoms with E-state index in [-0.39, 0.29) is 34.7 Å². The lowest BCUT2D eigenvalue weighted by Gasteiger charge is -2.35. The fraction of sp³-hybridized carbons (Fsp3) is 0.614. The van der Waals surface area contributed by atoms with E-state index in [9.17, 15) is 23.2 Å². The van der Waals surface area contributed by atoms with Crippen LogP contribution in [0.25, 0.3) is 4.91 Å². The highest BCUT2D eigenvalue weighted by molar-refractivity contribution is 8.12. The lowest BCUT2D eigenvalue weighted by molar-refractivity contribution is -0.125. The van der Waals surface area contributed by atoms with E-state index in [1.807, 2.05) is 26.8 Å². The number of carbonyl (C=O) groups is 3. The highest BCUT2D eigenvalue weighted by atomic mass is 32.2. The van der Waals surface area contributed by atoms with Gasteiger partial charge in [-0.1, -0.05) is 90.7 Å². The van der Waals surface area contributed by atoms with Crippen molar-refractivity contribution in [2.24, 2.45) is 35.5 Å². The van der Waals surface area contributed by atoms with Crippen LogP contribution in [0.2, 0.25) is 0 Å². The summed E-state index contributed by atoms with van der Waals surface area (Å²) in [6.07, 6.45) is 16.4. The molecule has 1 aromatic rings. The minimum Gasteiger partial charge on any atom is -0.299 e. The number of rotatable bonds is 13. The molecule has 1 heterocycles. The van der Waals surface area contributed by atoms with Crippen molar-refractivity contribution in [2.45, 2.75) is 118 Å². The molecule has 1 saturated heterocycles. The number of fused-ring (bicyclic) bond motifs is 1. The average Bonchev–Trinajstić information content (AvgIpc) is 3.48. The molecule has 284 valence electrons. The number of alkyl halides is 2. The molecule has 8 heteroatoms. The zero-order chi connectivity index (χ0) is 37.6. The first-order valence-corrected chi connectivity index (χ1v) is 20.5. The number of allylic oxidation sites excluding steroid dienone is 6. The average molecular weight is 735 g/mol. The van der Waals surface area contributed by atoms with Crippen LogP contribution < -0.4 is 5.43 Å². The molecule has 0 amide bonds.